The van der Waals surface area contributed by atoms with Crippen LogP contribution in [0.5, 0.6) is 11.5 Å². The summed E-state index contributed by atoms with van der Waals surface area (Å²) in [7, 11) is -14.3. The van der Waals surface area contributed by atoms with Crippen molar-refractivity contribution >= 4 is 141 Å². The maximum absolute atomic E-state index is 11.8. The largest absolute Gasteiger partial charge is 0.507 e. The minimum Gasteiger partial charge on any atom is -0.507 e. The predicted octanol–water partition coefficient (Wildman–Crippen LogP) is 1.26. The molecule has 3 rings (SSSR count). The first kappa shape index (κ1) is 34.9. The number of phenolic OH excluding ortho intramolecular Hbond substituents is 2. The van der Waals surface area contributed by atoms with Crippen LogP contribution in [-0.2, 0) is 30.4 Å². The number of hydrogen-bond donors (Lipinski definition) is 5. The molecule has 0 spiro atoms. The van der Waals surface area contributed by atoms with Gasteiger partial charge in [-0.25, -0.2) is 0 Å². The normalized spacial score (nSPS) is 12.0. The second kappa shape index (κ2) is 12.6. The Morgan fingerprint density at radius 3 is 1.60 bits per heavy atom. The predicted molar refractivity (Wildman–Crippen MR) is 125 cm³/mol. The molecule has 3 aromatic carbocycles. The molecule has 19 heteroatoms. The van der Waals surface area contributed by atoms with Crippen LogP contribution < -0.4 is 0 Å². The van der Waals surface area contributed by atoms with E-state index in [0.29, 0.717) is 12.1 Å². The number of nitrogens with zero attached hydrogens (tertiary/aromatic N) is 2. The van der Waals surface area contributed by atoms with Gasteiger partial charge < -0.3 is 10.2 Å². The SMILES string of the molecule is O=S(=O)(O)c1ccc(N=Nc2c(S(=O)(=O)O)cc3cc(S(=O)(=O)O)cc(O)c3c2O)cc1.[Na].[Na].[Na]. The fraction of sp³-hybridized carbons (Fsp3) is 0. The minimum absolute atomic E-state index is 0. The second-order valence-electron chi connectivity index (χ2n) is 6.23. The number of hydrogen-bond acceptors (Lipinski definition) is 10. The smallest absolute Gasteiger partial charge is 0.296 e. The van der Waals surface area contributed by atoms with Gasteiger partial charge in [0.05, 0.1) is 20.9 Å². The molecular formula is C16H12N2Na3O11S3. The van der Waals surface area contributed by atoms with E-state index in [1.165, 1.54) is 0 Å². The van der Waals surface area contributed by atoms with Gasteiger partial charge in [-0.3, -0.25) is 13.7 Å². The number of phenols is 2. The Morgan fingerprint density at radius 2 is 1.14 bits per heavy atom. The molecule has 0 fully saturated rings. The molecule has 0 aliphatic carbocycles. The maximum Gasteiger partial charge on any atom is 0.296 e. The van der Waals surface area contributed by atoms with Crippen LogP contribution >= 0.6 is 0 Å². The third-order valence-electron chi connectivity index (χ3n) is 4.08. The molecule has 0 aromatic heterocycles. The van der Waals surface area contributed by atoms with Crippen LogP contribution in [0.3, 0.4) is 0 Å². The Morgan fingerprint density at radius 1 is 0.629 bits per heavy atom. The number of rotatable bonds is 5. The summed E-state index contributed by atoms with van der Waals surface area (Å²) in [4.78, 5) is -2.27. The van der Waals surface area contributed by atoms with Gasteiger partial charge in [-0.1, -0.05) is 0 Å². The van der Waals surface area contributed by atoms with E-state index in [4.69, 9.17) is 9.11 Å². The van der Waals surface area contributed by atoms with Crippen molar-refractivity contribution in [3.8, 4) is 11.5 Å². The third kappa shape index (κ3) is 8.17. The quantitative estimate of drug-likeness (QED) is 0.166. The van der Waals surface area contributed by atoms with Gasteiger partial charge in [0.15, 0.2) is 5.75 Å². The van der Waals surface area contributed by atoms with Crippen molar-refractivity contribution in [2.24, 2.45) is 10.2 Å². The Kier molecular flexibility index (Phi) is 12.5. The first-order valence-corrected chi connectivity index (χ1v) is 12.4. The zero-order valence-corrected chi connectivity index (χ0v) is 26.8. The average molecular weight is 573 g/mol. The van der Waals surface area contributed by atoms with Gasteiger partial charge in [-0.15, -0.1) is 5.11 Å². The number of benzene rings is 3. The first-order chi connectivity index (χ1) is 14.6. The van der Waals surface area contributed by atoms with Gasteiger partial charge >= 0.3 is 0 Å². The summed E-state index contributed by atoms with van der Waals surface area (Å²) in [6, 6.07) is 6.15. The maximum atomic E-state index is 11.8. The Balaban J connectivity index is 0.00000385. The number of azo groups is 1. The zero-order chi connectivity index (χ0) is 24.1. The average Bonchev–Trinajstić information content (AvgIpc) is 2.64. The van der Waals surface area contributed by atoms with Crippen molar-refractivity contribution in [3.63, 3.8) is 0 Å². The van der Waals surface area contributed by atoms with E-state index in [2.05, 4.69) is 10.2 Å². The summed E-state index contributed by atoms with van der Waals surface area (Å²) in [5.74, 6) is -1.85. The van der Waals surface area contributed by atoms with E-state index < -0.39 is 67.6 Å². The van der Waals surface area contributed by atoms with Crippen LogP contribution in [0.25, 0.3) is 10.8 Å². The van der Waals surface area contributed by atoms with Crippen LogP contribution in [-0.4, -0.2) is 138 Å². The molecule has 0 aliphatic rings. The summed E-state index contributed by atoms with van der Waals surface area (Å²) < 4.78 is 96.0. The van der Waals surface area contributed by atoms with Crippen molar-refractivity contribution in [2.45, 2.75) is 14.7 Å². The number of fused-ring (bicyclic) bond motifs is 1. The van der Waals surface area contributed by atoms with Gasteiger partial charge in [-0.2, -0.15) is 30.4 Å². The topological polar surface area (TPSA) is 228 Å². The minimum atomic E-state index is -5.06. The molecule has 173 valence electrons. The Hall–Kier alpha value is -0.150. The molecule has 3 radical (unpaired) electrons. The standard InChI is InChI=1S/C16H12N2O11S3.3Na/c19-12-7-11(31(24,25)26)5-8-6-13(32(27,28)29)15(16(20)14(8)12)18-17-9-1-3-10(4-2-9)30(21,22)23;;;/h1-7,19-20H,(H,21,22,23)(H,24,25,26)(H,27,28,29);;;. The Labute approximate surface area is 265 Å². The fourth-order valence-corrected chi connectivity index (χ4v) is 4.35. The molecule has 3 aromatic rings. The zero-order valence-electron chi connectivity index (χ0n) is 18.3. The molecule has 0 unspecified atom stereocenters. The van der Waals surface area contributed by atoms with E-state index in [1.807, 2.05) is 0 Å². The van der Waals surface area contributed by atoms with Crippen molar-refractivity contribution in [3.05, 3.63) is 42.5 Å². The summed E-state index contributed by atoms with van der Waals surface area (Å²) in [6.45, 7) is 0. The van der Waals surface area contributed by atoms with Gasteiger partial charge in [0.25, 0.3) is 30.4 Å². The fourth-order valence-electron chi connectivity index (χ4n) is 2.67. The molecule has 0 heterocycles. The molecule has 0 saturated heterocycles. The third-order valence-corrected chi connectivity index (χ3v) is 6.64. The molecule has 0 aliphatic heterocycles. The molecule has 0 saturated carbocycles. The summed E-state index contributed by atoms with van der Waals surface area (Å²) >= 11 is 0. The first-order valence-electron chi connectivity index (χ1n) is 8.06. The van der Waals surface area contributed by atoms with E-state index in [0.717, 1.165) is 30.3 Å². The molecule has 5 N–H and O–H groups in total. The van der Waals surface area contributed by atoms with Crippen LogP contribution in [0.15, 0.2) is 67.4 Å². The van der Waals surface area contributed by atoms with Crippen LogP contribution in [0.1, 0.15) is 0 Å². The molecule has 0 amide bonds. The van der Waals surface area contributed by atoms with Gasteiger partial charge in [0.2, 0.25) is 0 Å². The van der Waals surface area contributed by atoms with E-state index in [1.54, 1.807) is 0 Å². The van der Waals surface area contributed by atoms with Gasteiger partial charge in [0.1, 0.15) is 16.3 Å². The van der Waals surface area contributed by atoms with Crippen LogP contribution in [0.2, 0.25) is 0 Å². The molecular weight excluding hydrogens is 561 g/mol. The summed E-state index contributed by atoms with van der Waals surface area (Å²) in [6.07, 6.45) is 0. The Bertz CT molecular complexity index is 1610. The summed E-state index contributed by atoms with van der Waals surface area (Å²) in [5, 5.41) is 26.9. The molecule has 13 nitrogen and oxygen atoms in total. The van der Waals surface area contributed by atoms with E-state index >= 15 is 0 Å². The van der Waals surface area contributed by atoms with Crippen molar-refractivity contribution < 1.29 is 49.1 Å². The van der Waals surface area contributed by atoms with Crippen molar-refractivity contribution in [2.75, 3.05) is 0 Å². The van der Waals surface area contributed by atoms with Gasteiger partial charge in [0, 0.05) is 94.7 Å². The van der Waals surface area contributed by atoms with Gasteiger partial charge in [-0.05, 0) is 41.8 Å². The second-order valence-corrected chi connectivity index (χ2v) is 10.5. The molecule has 35 heavy (non-hydrogen) atoms. The van der Waals surface area contributed by atoms with Crippen LogP contribution in [0, 0.1) is 0 Å². The van der Waals surface area contributed by atoms with Crippen molar-refractivity contribution in [1.29, 1.82) is 0 Å². The molecule has 0 atom stereocenters. The van der Waals surface area contributed by atoms with Crippen LogP contribution in [0.4, 0.5) is 11.4 Å². The number of aromatic hydroxyl groups is 2. The van der Waals surface area contributed by atoms with E-state index in [-0.39, 0.29) is 99.7 Å². The monoisotopic (exact) mass is 573 g/mol. The summed E-state index contributed by atoms with van der Waals surface area (Å²) in [5.41, 5.74) is -0.877. The molecule has 0 bridgehead atoms. The van der Waals surface area contributed by atoms with Crippen molar-refractivity contribution in [1.82, 2.24) is 0 Å². The van der Waals surface area contributed by atoms with E-state index in [9.17, 15) is 40.0 Å².